The molecule has 1 aliphatic heterocycles. The van der Waals surface area contributed by atoms with Crippen molar-refractivity contribution < 1.29 is 24.2 Å². The summed E-state index contributed by atoms with van der Waals surface area (Å²) in [5, 5.41) is 14.0. The lowest BCUT2D eigenvalue weighted by molar-refractivity contribution is -0.136. The Balaban J connectivity index is 1.76. The third-order valence-electron chi connectivity index (χ3n) is 5.68. The number of allylic oxidation sites excluding steroid dienone is 1. The molecule has 2 amide bonds. The van der Waals surface area contributed by atoms with Crippen molar-refractivity contribution >= 4 is 28.7 Å². The normalized spacial score (nSPS) is 16.1. The Morgan fingerprint density at radius 1 is 1.03 bits per heavy atom. The fourth-order valence-electron chi connectivity index (χ4n) is 4.02. The smallest absolute Gasteiger partial charge is 0.337 e. The molecular formula is C25H22N2O5. The van der Waals surface area contributed by atoms with E-state index in [1.54, 1.807) is 19.1 Å². The van der Waals surface area contributed by atoms with E-state index in [-0.39, 0.29) is 18.1 Å². The van der Waals surface area contributed by atoms with Gasteiger partial charge in [0, 0.05) is 5.70 Å². The highest BCUT2D eigenvalue weighted by atomic mass is 16.5. The molecule has 3 aromatic carbocycles. The van der Waals surface area contributed by atoms with Gasteiger partial charge in [-0.25, -0.2) is 14.4 Å². The SMILES string of the molecule is COC(=O)C1=C(C)N(Cc2ccc(C(=O)O)cc2)C(=O)NC1c1cccc2ccccc12. The number of esters is 1. The number of rotatable bonds is 5. The van der Waals surface area contributed by atoms with Crippen LogP contribution in [0, 0.1) is 0 Å². The molecule has 0 spiro atoms. The van der Waals surface area contributed by atoms with Crippen LogP contribution >= 0.6 is 0 Å². The van der Waals surface area contributed by atoms with Gasteiger partial charge in [0.05, 0.1) is 30.8 Å². The van der Waals surface area contributed by atoms with E-state index in [0.29, 0.717) is 11.3 Å². The van der Waals surface area contributed by atoms with Crippen LogP contribution in [-0.2, 0) is 16.1 Å². The van der Waals surface area contributed by atoms with E-state index in [2.05, 4.69) is 5.32 Å². The molecule has 1 heterocycles. The van der Waals surface area contributed by atoms with Gasteiger partial charge < -0.3 is 15.2 Å². The molecule has 32 heavy (non-hydrogen) atoms. The summed E-state index contributed by atoms with van der Waals surface area (Å²) in [6.07, 6.45) is 0. The lowest BCUT2D eigenvalue weighted by Gasteiger charge is -2.35. The fraction of sp³-hybridized carbons (Fsp3) is 0.160. The van der Waals surface area contributed by atoms with E-state index >= 15 is 0 Å². The summed E-state index contributed by atoms with van der Waals surface area (Å²) in [6.45, 7) is 1.90. The second-order valence-electron chi connectivity index (χ2n) is 7.53. The molecular weight excluding hydrogens is 408 g/mol. The van der Waals surface area contributed by atoms with Crippen LogP contribution < -0.4 is 5.32 Å². The van der Waals surface area contributed by atoms with Crippen LogP contribution in [-0.4, -0.2) is 35.1 Å². The van der Waals surface area contributed by atoms with Gasteiger partial charge in [-0.05, 0) is 41.0 Å². The number of carboxylic acid groups (broad SMARTS) is 1. The number of hydrogen-bond donors (Lipinski definition) is 2. The van der Waals surface area contributed by atoms with E-state index in [1.165, 1.54) is 24.1 Å². The first-order chi connectivity index (χ1) is 15.4. The molecule has 162 valence electrons. The summed E-state index contributed by atoms with van der Waals surface area (Å²) in [7, 11) is 1.31. The maximum absolute atomic E-state index is 13.1. The van der Waals surface area contributed by atoms with Crippen LogP contribution in [0.1, 0.15) is 34.5 Å². The Labute approximate surface area is 184 Å². The molecule has 7 nitrogen and oxygen atoms in total. The monoisotopic (exact) mass is 430 g/mol. The molecule has 0 aromatic heterocycles. The second kappa shape index (κ2) is 8.55. The fourth-order valence-corrected chi connectivity index (χ4v) is 4.02. The Morgan fingerprint density at radius 3 is 2.41 bits per heavy atom. The van der Waals surface area contributed by atoms with E-state index in [4.69, 9.17) is 9.84 Å². The van der Waals surface area contributed by atoms with Gasteiger partial charge in [-0.2, -0.15) is 0 Å². The first-order valence-corrected chi connectivity index (χ1v) is 10.1. The zero-order chi connectivity index (χ0) is 22.8. The minimum atomic E-state index is -1.02. The number of fused-ring (bicyclic) bond motifs is 1. The van der Waals surface area contributed by atoms with Crippen molar-refractivity contribution in [2.24, 2.45) is 0 Å². The first kappa shape index (κ1) is 21.1. The van der Waals surface area contributed by atoms with Crippen molar-refractivity contribution in [3.63, 3.8) is 0 Å². The van der Waals surface area contributed by atoms with Crippen molar-refractivity contribution in [2.45, 2.75) is 19.5 Å². The predicted molar refractivity (Wildman–Crippen MR) is 119 cm³/mol. The number of amides is 2. The molecule has 1 unspecified atom stereocenters. The summed E-state index contributed by atoms with van der Waals surface area (Å²) in [5.74, 6) is -1.54. The molecule has 1 atom stereocenters. The van der Waals surface area contributed by atoms with Crippen molar-refractivity contribution in [2.75, 3.05) is 7.11 Å². The third kappa shape index (κ3) is 3.80. The number of ether oxygens (including phenoxy) is 1. The molecule has 0 fully saturated rings. The van der Waals surface area contributed by atoms with Crippen molar-refractivity contribution in [1.82, 2.24) is 10.2 Å². The number of hydrogen-bond acceptors (Lipinski definition) is 4. The number of carbonyl (C=O) groups excluding carboxylic acids is 2. The highest BCUT2D eigenvalue weighted by molar-refractivity contribution is 5.97. The molecule has 0 saturated heterocycles. The molecule has 0 aliphatic carbocycles. The number of carboxylic acids is 1. The molecule has 0 radical (unpaired) electrons. The largest absolute Gasteiger partial charge is 0.478 e. The highest BCUT2D eigenvalue weighted by Crippen LogP contribution is 2.35. The minimum Gasteiger partial charge on any atom is -0.478 e. The molecule has 7 heteroatoms. The Morgan fingerprint density at radius 2 is 1.72 bits per heavy atom. The summed E-state index contributed by atoms with van der Waals surface area (Å²) in [6, 6.07) is 18.8. The van der Waals surface area contributed by atoms with Gasteiger partial charge in [-0.1, -0.05) is 54.6 Å². The van der Waals surface area contributed by atoms with Crippen LogP contribution in [0.25, 0.3) is 10.8 Å². The lowest BCUT2D eigenvalue weighted by atomic mass is 9.91. The van der Waals surface area contributed by atoms with Gasteiger partial charge in [0.15, 0.2) is 0 Å². The number of nitrogens with zero attached hydrogens (tertiary/aromatic N) is 1. The summed E-state index contributed by atoms with van der Waals surface area (Å²) in [5.41, 5.74) is 2.54. The summed E-state index contributed by atoms with van der Waals surface area (Å²) >= 11 is 0. The molecule has 0 saturated carbocycles. The maximum Gasteiger partial charge on any atom is 0.337 e. The van der Waals surface area contributed by atoms with Crippen LogP contribution in [0.15, 0.2) is 78.0 Å². The van der Waals surface area contributed by atoms with Gasteiger partial charge >= 0.3 is 18.0 Å². The van der Waals surface area contributed by atoms with Crippen molar-refractivity contribution in [3.8, 4) is 0 Å². The van der Waals surface area contributed by atoms with Gasteiger partial charge in [0.1, 0.15) is 0 Å². The number of carbonyl (C=O) groups is 3. The Kier molecular flexibility index (Phi) is 5.64. The zero-order valence-electron chi connectivity index (χ0n) is 17.7. The quantitative estimate of drug-likeness (QED) is 0.590. The standard InChI is InChI=1S/C25H22N2O5/c1-15-21(24(30)32-2)22(20-9-5-7-17-6-3-4-8-19(17)20)26-25(31)27(15)14-16-10-12-18(13-11-16)23(28)29/h3-13,22H,14H2,1-2H3,(H,26,31)(H,28,29). The third-order valence-corrected chi connectivity index (χ3v) is 5.68. The lowest BCUT2D eigenvalue weighted by Crippen LogP contribution is -2.47. The second-order valence-corrected chi connectivity index (χ2v) is 7.53. The van der Waals surface area contributed by atoms with Crippen LogP contribution in [0.4, 0.5) is 4.79 Å². The highest BCUT2D eigenvalue weighted by Gasteiger charge is 2.36. The topological polar surface area (TPSA) is 95.9 Å². The maximum atomic E-state index is 13.1. The number of benzene rings is 3. The van der Waals surface area contributed by atoms with E-state index in [0.717, 1.165) is 21.9 Å². The average molecular weight is 430 g/mol. The number of nitrogens with one attached hydrogen (secondary N) is 1. The van der Waals surface area contributed by atoms with Crippen molar-refractivity contribution in [1.29, 1.82) is 0 Å². The molecule has 1 aliphatic rings. The summed E-state index contributed by atoms with van der Waals surface area (Å²) in [4.78, 5) is 38.4. The van der Waals surface area contributed by atoms with Gasteiger partial charge in [0.25, 0.3) is 0 Å². The number of methoxy groups -OCH3 is 1. The van der Waals surface area contributed by atoms with E-state index in [9.17, 15) is 14.4 Å². The number of aromatic carboxylic acids is 1. The van der Waals surface area contributed by atoms with E-state index < -0.39 is 18.0 Å². The van der Waals surface area contributed by atoms with Gasteiger partial charge in [-0.3, -0.25) is 4.90 Å². The minimum absolute atomic E-state index is 0.162. The zero-order valence-corrected chi connectivity index (χ0v) is 17.7. The van der Waals surface area contributed by atoms with Crippen LogP contribution in [0.3, 0.4) is 0 Å². The molecule has 3 aromatic rings. The molecule has 0 bridgehead atoms. The molecule has 2 N–H and O–H groups in total. The van der Waals surface area contributed by atoms with Gasteiger partial charge in [-0.15, -0.1) is 0 Å². The van der Waals surface area contributed by atoms with Gasteiger partial charge in [0.2, 0.25) is 0 Å². The average Bonchev–Trinajstić information content (AvgIpc) is 2.81. The van der Waals surface area contributed by atoms with Crippen LogP contribution in [0.5, 0.6) is 0 Å². The molecule has 4 rings (SSSR count). The summed E-state index contributed by atoms with van der Waals surface area (Å²) < 4.78 is 5.06. The van der Waals surface area contributed by atoms with Crippen molar-refractivity contribution in [3.05, 3.63) is 94.7 Å². The predicted octanol–water partition coefficient (Wildman–Crippen LogP) is 4.25. The van der Waals surface area contributed by atoms with Crippen LogP contribution in [0.2, 0.25) is 0 Å². The Bertz CT molecular complexity index is 1240. The van der Waals surface area contributed by atoms with E-state index in [1.807, 2.05) is 42.5 Å². The first-order valence-electron chi connectivity index (χ1n) is 10.1. The Hall–Kier alpha value is -4.13. The number of urea groups is 1.